The van der Waals surface area contributed by atoms with Crippen molar-refractivity contribution in [1.29, 1.82) is 0 Å². The molecule has 1 unspecified atom stereocenters. The SMILES string of the molecule is CN(Cc1cccc(O)c1)c1ncc(S(C)(=O)=O)c(C2CCCNC2)n1.Cl. The number of hydrogen-bond donors (Lipinski definition) is 2. The molecule has 0 amide bonds. The minimum atomic E-state index is -3.39. The molecule has 3 rings (SSSR count). The summed E-state index contributed by atoms with van der Waals surface area (Å²) >= 11 is 0. The molecule has 0 aliphatic carbocycles. The Morgan fingerprint density at radius 3 is 2.78 bits per heavy atom. The van der Waals surface area contributed by atoms with Crippen LogP contribution in [0.4, 0.5) is 5.95 Å². The highest BCUT2D eigenvalue weighted by Crippen LogP contribution is 2.28. The Bertz CT molecular complexity index is 886. The molecule has 1 aromatic heterocycles. The molecule has 2 N–H and O–H groups in total. The number of hydrogen-bond acceptors (Lipinski definition) is 7. The van der Waals surface area contributed by atoms with Crippen molar-refractivity contribution in [2.24, 2.45) is 0 Å². The molecule has 2 aromatic rings. The van der Waals surface area contributed by atoms with Gasteiger partial charge in [-0.15, -0.1) is 12.4 Å². The van der Waals surface area contributed by atoms with E-state index in [1.165, 1.54) is 12.5 Å². The molecular formula is C18H25ClN4O3S. The Morgan fingerprint density at radius 1 is 1.37 bits per heavy atom. The van der Waals surface area contributed by atoms with Crippen LogP contribution in [0, 0.1) is 0 Å². The molecule has 1 aliphatic rings. The third kappa shape index (κ3) is 5.31. The van der Waals surface area contributed by atoms with Crippen molar-refractivity contribution in [1.82, 2.24) is 15.3 Å². The van der Waals surface area contributed by atoms with Crippen molar-refractivity contribution < 1.29 is 13.5 Å². The number of benzene rings is 1. The van der Waals surface area contributed by atoms with Gasteiger partial charge in [0.15, 0.2) is 9.84 Å². The summed E-state index contributed by atoms with van der Waals surface area (Å²) in [5.41, 5.74) is 1.51. The fraction of sp³-hybridized carbons (Fsp3) is 0.444. The lowest BCUT2D eigenvalue weighted by Gasteiger charge is -2.25. The quantitative estimate of drug-likeness (QED) is 0.776. The molecule has 148 valence electrons. The zero-order valence-electron chi connectivity index (χ0n) is 15.4. The van der Waals surface area contributed by atoms with Crippen molar-refractivity contribution in [3.63, 3.8) is 0 Å². The largest absolute Gasteiger partial charge is 0.508 e. The minimum Gasteiger partial charge on any atom is -0.508 e. The van der Waals surface area contributed by atoms with Crippen molar-refractivity contribution in [2.75, 3.05) is 31.3 Å². The molecule has 2 heterocycles. The number of anilines is 1. The van der Waals surface area contributed by atoms with Crippen molar-refractivity contribution >= 4 is 28.2 Å². The number of piperidine rings is 1. The van der Waals surface area contributed by atoms with Crippen molar-refractivity contribution in [3.05, 3.63) is 41.7 Å². The van der Waals surface area contributed by atoms with E-state index in [1.807, 2.05) is 18.0 Å². The molecule has 1 aliphatic heterocycles. The monoisotopic (exact) mass is 412 g/mol. The standard InChI is InChI=1S/C18H24N4O3S.ClH/c1-22(12-13-5-3-7-15(23)9-13)18-20-11-16(26(2,24)25)17(21-18)14-6-4-8-19-10-14;/h3,5,7,9,11,14,19,23H,4,6,8,10,12H2,1-2H3;1H. The number of nitrogens with one attached hydrogen (secondary N) is 1. The maximum atomic E-state index is 12.2. The van der Waals surface area contributed by atoms with Gasteiger partial charge in [0.1, 0.15) is 10.6 Å². The highest BCUT2D eigenvalue weighted by Gasteiger charge is 2.25. The molecular weight excluding hydrogens is 388 g/mol. The molecule has 1 aromatic carbocycles. The summed E-state index contributed by atoms with van der Waals surface area (Å²) in [4.78, 5) is 10.9. The zero-order chi connectivity index (χ0) is 18.7. The second-order valence-corrected chi connectivity index (χ2v) is 8.75. The molecule has 9 heteroatoms. The van der Waals surface area contributed by atoms with Gasteiger partial charge in [-0.2, -0.15) is 0 Å². The van der Waals surface area contributed by atoms with E-state index in [9.17, 15) is 13.5 Å². The molecule has 0 saturated carbocycles. The van der Waals surface area contributed by atoms with Crippen LogP contribution in [-0.2, 0) is 16.4 Å². The lowest BCUT2D eigenvalue weighted by Crippen LogP contribution is -2.30. The van der Waals surface area contributed by atoms with Crippen LogP contribution in [0.25, 0.3) is 0 Å². The van der Waals surface area contributed by atoms with E-state index in [-0.39, 0.29) is 29.0 Å². The van der Waals surface area contributed by atoms with E-state index in [1.54, 1.807) is 18.2 Å². The van der Waals surface area contributed by atoms with Crippen LogP contribution in [0.1, 0.15) is 30.0 Å². The summed E-state index contributed by atoms with van der Waals surface area (Å²) in [5, 5.41) is 12.9. The number of phenols is 1. The Kier molecular flexibility index (Phi) is 7.02. The first-order valence-electron chi connectivity index (χ1n) is 8.61. The number of halogens is 1. The van der Waals surface area contributed by atoms with Crippen LogP contribution < -0.4 is 10.2 Å². The first-order valence-corrected chi connectivity index (χ1v) is 10.5. The average Bonchev–Trinajstić information content (AvgIpc) is 2.61. The highest BCUT2D eigenvalue weighted by atomic mass is 35.5. The van der Waals surface area contributed by atoms with Crippen LogP contribution in [-0.4, -0.2) is 49.9 Å². The van der Waals surface area contributed by atoms with Gasteiger partial charge in [0, 0.05) is 32.3 Å². The third-order valence-electron chi connectivity index (χ3n) is 4.52. The van der Waals surface area contributed by atoms with Crippen LogP contribution in [0.3, 0.4) is 0 Å². The topological polar surface area (TPSA) is 95.4 Å². The van der Waals surface area contributed by atoms with Crippen LogP contribution in [0.2, 0.25) is 0 Å². The van der Waals surface area contributed by atoms with Gasteiger partial charge in [0.2, 0.25) is 5.95 Å². The average molecular weight is 413 g/mol. The van der Waals surface area contributed by atoms with E-state index < -0.39 is 9.84 Å². The number of nitrogens with zero attached hydrogens (tertiary/aromatic N) is 3. The Morgan fingerprint density at radius 2 is 2.15 bits per heavy atom. The summed E-state index contributed by atoms with van der Waals surface area (Å²) in [5.74, 6) is 0.740. The van der Waals surface area contributed by atoms with Gasteiger partial charge in [-0.05, 0) is 37.1 Å². The van der Waals surface area contributed by atoms with Crippen LogP contribution in [0.15, 0.2) is 35.4 Å². The van der Waals surface area contributed by atoms with E-state index in [4.69, 9.17) is 0 Å². The Balaban J connectivity index is 0.00000261. The van der Waals surface area contributed by atoms with E-state index >= 15 is 0 Å². The molecule has 7 nitrogen and oxygen atoms in total. The van der Waals surface area contributed by atoms with E-state index in [0.717, 1.165) is 31.5 Å². The lowest BCUT2D eigenvalue weighted by molar-refractivity contribution is 0.447. The first-order chi connectivity index (χ1) is 12.3. The summed E-state index contributed by atoms with van der Waals surface area (Å²) < 4.78 is 24.3. The van der Waals surface area contributed by atoms with Crippen LogP contribution in [0.5, 0.6) is 5.75 Å². The number of aromatic hydroxyl groups is 1. The van der Waals surface area contributed by atoms with E-state index in [0.29, 0.717) is 18.2 Å². The summed E-state index contributed by atoms with van der Waals surface area (Å²) in [7, 11) is -1.54. The van der Waals surface area contributed by atoms with Gasteiger partial charge in [-0.3, -0.25) is 0 Å². The first kappa shape index (κ1) is 21.4. The Hall–Kier alpha value is -1.90. The smallest absolute Gasteiger partial charge is 0.225 e. The fourth-order valence-electron chi connectivity index (χ4n) is 3.22. The molecule has 0 spiro atoms. The Labute approximate surface area is 166 Å². The molecule has 1 fully saturated rings. The van der Waals surface area contributed by atoms with Crippen LogP contribution >= 0.6 is 12.4 Å². The van der Waals surface area contributed by atoms with Gasteiger partial charge >= 0.3 is 0 Å². The molecule has 1 atom stereocenters. The summed E-state index contributed by atoms with van der Waals surface area (Å²) in [6.45, 7) is 2.17. The zero-order valence-corrected chi connectivity index (χ0v) is 17.1. The number of phenolic OH excluding ortho intramolecular Hbond substituents is 1. The van der Waals surface area contributed by atoms with Gasteiger partial charge in [0.05, 0.1) is 11.9 Å². The van der Waals surface area contributed by atoms with Crippen molar-refractivity contribution in [3.8, 4) is 5.75 Å². The number of aromatic nitrogens is 2. The van der Waals surface area contributed by atoms with Gasteiger partial charge in [0.25, 0.3) is 0 Å². The number of rotatable bonds is 5. The minimum absolute atomic E-state index is 0. The second kappa shape index (κ2) is 8.86. The predicted octanol–water partition coefficient (Wildman–Crippen LogP) is 2.11. The summed E-state index contributed by atoms with van der Waals surface area (Å²) in [6, 6.07) is 7.00. The maximum absolute atomic E-state index is 12.2. The molecule has 1 saturated heterocycles. The second-order valence-electron chi connectivity index (χ2n) is 6.76. The lowest BCUT2D eigenvalue weighted by atomic mass is 9.96. The fourth-order valence-corrected chi connectivity index (χ4v) is 4.06. The normalized spacial score (nSPS) is 17.2. The predicted molar refractivity (Wildman–Crippen MR) is 107 cm³/mol. The maximum Gasteiger partial charge on any atom is 0.225 e. The van der Waals surface area contributed by atoms with Gasteiger partial charge in [-0.1, -0.05) is 12.1 Å². The molecule has 27 heavy (non-hydrogen) atoms. The molecule has 0 bridgehead atoms. The molecule has 0 radical (unpaired) electrons. The van der Waals surface area contributed by atoms with Gasteiger partial charge in [-0.25, -0.2) is 18.4 Å². The highest BCUT2D eigenvalue weighted by molar-refractivity contribution is 7.90. The third-order valence-corrected chi connectivity index (χ3v) is 5.64. The van der Waals surface area contributed by atoms with E-state index in [2.05, 4.69) is 15.3 Å². The van der Waals surface area contributed by atoms with Crippen molar-refractivity contribution in [2.45, 2.75) is 30.2 Å². The van der Waals surface area contributed by atoms with Gasteiger partial charge < -0.3 is 15.3 Å². The number of sulfone groups is 1. The summed E-state index contributed by atoms with van der Waals surface area (Å²) in [6.07, 6.45) is 4.51.